The van der Waals surface area contributed by atoms with Crippen molar-refractivity contribution in [3.05, 3.63) is 59.9 Å². The Morgan fingerprint density at radius 3 is 2.52 bits per heavy atom. The van der Waals surface area contributed by atoms with Crippen molar-refractivity contribution in [3.8, 4) is 0 Å². The van der Waals surface area contributed by atoms with Crippen molar-refractivity contribution < 1.29 is 13.6 Å². The van der Waals surface area contributed by atoms with Crippen LogP contribution in [0.25, 0.3) is 11.0 Å². The number of halogens is 2. The number of likely N-dealkylation sites (N-methyl/N-ethyl adjacent to an activating group) is 1. The number of hydrogen-bond donors (Lipinski definition) is 1. The number of carbonyl (C=O) groups excluding carboxylic acids is 1. The van der Waals surface area contributed by atoms with Gasteiger partial charge in [-0.2, -0.15) is 8.78 Å². The summed E-state index contributed by atoms with van der Waals surface area (Å²) >= 11 is 0. The zero-order chi connectivity index (χ0) is 19.6. The minimum atomic E-state index is -2.70. The molecule has 1 heterocycles. The third-order valence-corrected chi connectivity index (χ3v) is 4.58. The van der Waals surface area contributed by atoms with Crippen molar-refractivity contribution in [3.63, 3.8) is 0 Å². The molecular weight excluding hydrogens is 350 g/mol. The van der Waals surface area contributed by atoms with Gasteiger partial charge in [0, 0.05) is 5.69 Å². The van der Waals surface area contributed by atoms with Gasteiger partial charge < -0.3 is 5.32 Å². The van der Waals surface area contributed by atoms with Gasteiger partial charge in [-0.1, -0.05) is 29.8 Å². The van der Waals surface area contributed by atoms with Crippen molar-refractivity contribution >= 4 is 22.6 Å². The summed E-state index contributed by atoms with van der Waals surface area (Å²) in [6.45, 7) is 1.08. The second-order valence-electron chi connectivity index (χ2n) is 6.61. The van der Waals surface area contributed by atoms with Gasteiger partial charge >= 0.3 is 6.55 Å². The number of nitrogens with zero attached hydrogens (tertiary/aromatic N) is 3. The monoisotopic (exact) mass is 372 g/mol. The number of amides is 1. The predicted molar refractivity (Wildman–Crippen MR) is 102 cm³/mol. The van der Waals surface area contributed by atoms with E-state index in [1.54, 1.807) is 43.1 Å². The van der Waals surface area contributed by atoms with Crippen LogP contribution in [0.3, 0.4) is 0 Å². The number of para-hydroxylation sites is 2. The lowest BCUT2D eigenvalue weighted by atomic mass is 10.2. The number of fused-ring (bicyclic) bond motifs is 1. The van der Waals surface area contributed by atoms with Crippen LogP contribution in [0.2, 0.25) is 0 Å². The number of benzene rings is 2. The van der Waals surface area contributed by atoms with Crippen LogP contribution in [0, 0.1) is 6.92 Å². The van der Waals surface area contributed by atoms with Crippen LogP contribution in [-0.2, 0) is 4.79 Å². The first-order valence-electron chi connectivity index (χ1n) is 8.68. The van der Waals surface area contributed by atoms with Crippen molar-refractivity contribution in [1.82, 2.24) is 14.5 Å². The van der Waals surface area contributed by atoms with Gasteiger partial charge in [0.05, 0.1) is 23.6 Å². The topological polar surface area (TPSA) is 50.2 Å². The highest BCUT2D eigenvalue weighted by Crippen LogP contribution is 2.28. The highest BCUT2D eigenvalue weighted by molar-refractivity contribution is 5.92. The molecule has 1 aromatic heterocycles. The Labute approximate surface area is 156 Å². The van der Waals surface area contributed by atoms with Crippen molar-refractivity contribution in [2.24, 2.45) is 0 Å². The van der Waals surface area contributed by atoms with E-state index in [-0.39, 0.29) is 18.3 Å². The standard InChI is InChI=1S/C20H22F2N4O/c1-13-8-10-15(11-9-13)23-18(27)12-25(3)14(2)19-24-16-6-4-5-7-17(16)26(19)20(21)22/h4-11,14,20H,12H2,1-3H3,(H,23,27). The lowest BCUT2D eigenvalue weighted by molar-refractivity contribution is -0.117. The first kappa shape index (κ1) is 19.0. The molecule has 1 amide bonds. The zero-order valence-corrected chi connectivity index (χ0v) is 15.5. The molecule has 0 aliphatic rings. The number of aromatic nitrogens is 2. The van der Waals surface area contributed by atoms with Crippen molar-refractivity contribution in [1.29, 1.82) is 0 Å². The summed E-state index contributed by atoms with van der Waals surface area (Å²) in [6, 6.07) is 13.8. The molecule has 1 unspecified atom stereocenters. The van der Waals surface area contributed by atoms with Crippen LogP contribution in [0.1, 0.15) is 30.9 Å². The average molecular weight is 372 g/mol. The van der Waals surface area contributed by atoms with E-state index < -0.39 is 12.6 Å². The summed E-state index contributed by atoms with van der Waals surface area (Å²) in [6.07, 6.45) is 0. The van der Waals surface area contributed by atoms with E-state index in [0.717, 1.165) is 10.1 Å². The Morgan fingerprint density at radius 2 is 1.85 bits per heavy atom. The number of aryl methyl sites for hydroxylation is 1. The van der Waals surface area contributed by atoms with E-state index >= 15 is 0 Å². The summed E-state index contributed by atoms with van der Waals surface area (Å²) in [5, 5.41) is 2.81. The van der Waals surface area contributed by atoms with Crippen LogP contribution in [0.5, 0.6) is 0 Å². The maximum atomic E-state index is 13.6. The fourth-order valence-corrected chi connectivity index (χ4v) is 2.96. The first-order chi connectivity index (χ1) is 12.9. The molecule has 2 aromatic carbocycles. The number of imidazole rings is 1. The summed E-state index contributed by atoms with van der Waals surface area (Å²) in [5.74, 6) is 0.0183. The second-order valence-corrected chi connectivity index (χ2v) is 6.61. The van der Waals surface area contributed by atoms with Crippen LogP contribution in [-0.4, -0.2) is 34.0 Å². The molecule has 1 atom stereocenters. The molecule has 27 heavy (non-hydrogen) atoms. The minimum Gasteiger partial charge on any atom is -0.325 e. The van der Waals surface area contributed by atoms with Gasteiger partial charge in [-0.25, -0.2) is 4.98 Å². The Bertz CT molecular complexity index is 937. The average Bonchev–Trinajstić information content (AvgIpc) is 3.02. The molecule has 0 aliphatic heterocycles. The molecule has 0 spiro atoms. The number of alkyl halides is 2. The molecule has 0 aliphatic carbocycles. The number of anilines is 1. The van der Waals surface area contributed by atoms with Crippen molar-refractivity contribution in [2.45, 2.75) is 26.4 Å². The molecule has 0 fully saturated rings. The van der Waals surface area contributed by atoms with Crippen LogP contribution >= 0.6 is 0 Å². The summed E-state index contributed by atoms with van der Waals surface area (Å²) in [4.78, 5) is 18.4. The van der Waals surface area contributed by atoms with Crippen molar-refractivity contribution in [2.75, 3.05) is 18.9 Å². The van der Waals surface area contributed by atoms with Gasteiger partial charge in [0.15, 0.2) is 0 Å². The highest BCUT2D eigenvalue weighted by Gasteiger charge is 2.25. The van der Waals surface area contributed by atoms with Gasteiger partial charge in [0.1, 0.15) is 5.82 Å². The molecular formula is C20H22F2N4O. The smallest absolute Gasteiger partial charge is 0.320 e. The Balaban J connectivity index is 1.76. The lowest BCUT2D eigenvalue weighted by Crippen LogP contribution is -2.33. The fraction of sp³-hybridized carbons (Fsp3) is 0.300. The lowest BCUT2D eigenvalue weighted by Gasteiger charge is -2.24. The van der Waals surface area contributed by atoms with Gasteiger partial charge in [-0.15, -0.1) is 0 Å². The molecule has 0 radical (unpaired) electrons. The molecule has 0 bridgehead atoms. The van der Waals surface area contributed by atoms with Crippen LogP contribution in [0.15, 0.2) is 48.5 Å². The van der Waals surface area contributed by atoms with Gasteiger partial charge in [-0.3, -0.25) is 14.3 Å². The minimum absolute atomic E-state index is 0.0570. The van der Waals surface area contributed by atoms with Crippen LogP contribution < -0.4 is 5.32 Å². The Morgan fingerprint density at radius 1 is 1.19 bits per heavy atom. The maximum Gasteiger partial charge on any atom is 0.320 e. The van der Waals surface area contributed by atoms with E-state index in [1.807, 2.05) is 31.2 Å². The third-order valence-electron chi connectivity index (χ3n) is 4.58. The summed E-state index contributed by atoms with van der Waals surface area (Å²) in [7, 11) is 1.72. The van der Waals surface area contributed by atoms with E-state index in [9.17, 15) is 13.6 Å². The molecule has 1 N–H and O–H groups in total. The summed E-state index contributed by atoms with van der Waals surface area (Å²) < 4.78 is 28.2. The van der Waals surface area contributed by atoms with Crippen LogP contribution in [0.4, 0.5) is 14.5 Å². The first-order valence-corrected chi connectivity index (χ1v) is 8.68. The molecule has 0 saturated heterocycles. The zero-order valence-electron chi connectivity index (χ0n) is 15.5. The summed E-state index contributed by atoms with van der Waals surface area (Å²) in [5.41, 5.74) is 2.69. The quantitative estimate of drug-likeness (QED) is 0.699. The molecule has 3 rings (SSSR count). The maximum absolute atomic E-state index is 13.6. The molecule has 5 nitrogen and oxygen atoms in total. The van der Waals surface area contributed by atoms with Gasteiger partial charge in [0.25, 0.3) is 0 Å². The molecule has 142 valence electrons. The van der Waals surface area contributed by atoms with Gasteiger partial charge in [-0.05, 0) is 45.2 Å². The van der Waals surface area contributed by atoms with E-state index in [2.05, 4.69) is 10.3 Å². The fourth-order valence-electron chi connectivity index (χ4n) is 2.96. The number of nitrogens with one attached hydrogen (secondary N) is 1. The van der Waals surface area contributed by atoms with E-state index in [4.69, 9.17) is 0 Å². The molecule has 7 heteroatoms. The predicted octanol–water partition coefficient (Wildman–Crippen LogP) is 4.37. The van der Waals surface area contributed by atoms with E-state index in [1.165, 1.54) is 0 Å². The van der Waals surface area contributed by atoms with E-state index in [0.29, 0.717) is 16.7 Å². The number of hydrogen-bond acceptors (Lipinski definition) is 3. The molecule has 3 aromatic rings. The normalized spacial score (nSPS) is 12.7. The third kappa shape index (κ3) is 4.14. The highest BCUT2D eigenvalue weighted by atomic mass is 19.3. The SMILES string of the molecule is Cc1ccc(NC(=O)CN(C)C(C)c2nc3ccccc3n2C(F)F)cc1. The van der Waals surface area contributed by atoms with Gasteiger partial charge in [0.2, 0.25) is 5.91 Å². The largest absolute Gasteiger partial charge is 0.325 e. The molecule has 0 saturated carbocycles. The Kier molecular flexibility index (Phi) is 5.51. The number of carbonyl (C=O) groups is 1. The second kappa shape index (κ2) is 7.84. The number of rotatable bonds is 6. The Hall–Kier alpha value is -2.80.